The van der Waals surface area contributed by atoms with Crippen LogP contribution in [0.5, 0.6) is 0 Å². The Morgan fingerprint density at radius 1 is 1.38 bits per heavy atom. The summed E-state index contributed by atoms with van der Waals surface area (Å²) in [5, 5.41) is 1.02. The summed E-state index contributed by atoms with van der Waals surface area (Å²) < 4.78 is 4.08. The van der Waals surface area contributed by atoms with E-state index in [9.17, 15) is 0 Å². The second kappa shape index (κ2) is 3.66. The fourth-order valence-corrected chi connectivity index (χ4v) is 1.66. The molecular formula is C8H10N4S. The van der Waals surface area contributed by atoms with Crippen LogP contribution in [0.2, 0.25) is 0 Å². The van der Waals surface area contributed by atoms with E-state index in [1.165, 1.54) is 0 Å². The minimum atomic E-state index is 0.774. The lowest BCUT2D eigenvalue weighted by Crippen LogP contribution is -2.05. The third-order valence-corrected chi connectivity index (χ3v) is 2.44. The van der Waals surface area contributed by atoms with E-state index in [4.69, 9.17) is 0 Å². The molecule has 0 N–H and O–H groups in total. The van der Waals surface area contributed by atoms with Crippen LogP contribution < -0.4 is 0 Å². The van der Waals surface area contributed by atoms with E-state index >= 15 is 0 Å². The summed E-state index contributed by atoms with van der Waals surface area (Å²) >= 11 is 1.64. The Hall–Kier alpha value is -1.23. The molecule has 13 heavy (non-hydrogen) atoms. The van der Waals surface area contributed by atoms with Crippen LogP contribution in [-0.2, 0) is 6.67 Å². The molecule has 0 amide bonds. The number of aromatic nitrogens is 4. The summed E-state index contributed by atoms with van der Waals surface area (Å²) in [6, 6.07) is 0. The summed E-state index contributed by atoms with van der Waals surface area (Å²) in [5.41, 5.74) is 0. The maximum atomic E-state index is 4.21. The first-order valence-electron chi connectivity index (χ1n) is 3.91. The normalized spacial score (nSPS) is 10.5. The zero-order valence-corrected chi connectivity index (χ0v) is 8.11. The minimum Gasteiger partial charge on any atom is -0.319 e. The van der Waals surface area contributed by atoms with Crippen LogP contribution in [0.1, 0.15) is 0 Å². The molecule has 2 rings (SSSR count). The van der Waals surface area contributed by atoms with Crippen molar-refractivity contribution < 1.29 is 0 Å². The molecule has 0 bridgehead atoms. The van der Waals surface area contributed by atoms with Gasteiger partial charge in [0.1, 0.15) is 6.67 Å². The van der Waals surface area contributed by atoms with Crippen molar-refractivity contribution in [3.63, 3.8) is 0 Å². The van der Waals surface area contributed by atoms with Gasteiger partial charge in [0.25, 0.3) is 0 Å². The number of thioether (sulfide) groups is 1. The van der Waals surface area contributed by atoms with Gasteiger partial charge < -0.3 is 9.13 Å². The van der Waals surface area contributed by atoms with E-state index in [0.29, 0.717) is 0 Å². The van der Waals surface area contributed by atoms with E-state index in [1.807, 2.05) is 29.4 Å². The minimum absolute atomic E-state index is 0.774. The van der Waals surface area contributed by atoms with Gasteiger partial charge >= 0.3 is 0 Å². The Kier molecular flexibility index (Phi) is 2.35. The van der Waals surface area contributed by atoms with Gasteiger partial charge in [-0.3, -0.25) is 0 Å². The molecular weight excluding hydrogens is 184 g/mol. The predicted molar refractivity (Wildman–Crippen MR) is 51.6 cm³/mol. The topological polar surface area (TPSA) is 35.6 Å². The molecule has 0 fully saturated rings. The highest BCUT2D eigenvalue weighted by molar-refractivity contribution is 7.98. The van der Waals surface area contributed by atoms with Crippen molar-refractivity contribution in [2.75, 3.05) is 6.26 Å². The van der Waals surface area contributed by atoms with Crippen LogP contribution in [0.4, 0.5) is 0 Å². The number of imidazole rings is 2. The van der Waals surface area contributed by atoms with Gasteiger partial charge in [-0.1, -0.05) is 11.8 Å². The van der Waals surface area contributed by atoms with Crippen LogP contribution in [-0.4, -0.2) is 25.4 Å². The third kappa shape index (κ3) is 1.75. The molecule has 0 aliphatic carbocycles. The average Bonchev–Trinajstić information content (AvgIpc) is 2.76. The van der Waals surface area contributed by atoms with Crippen molar-refractivity contribution in [1.29, 1.82) is 0 Å². The summed E-state index contributed by atoms with van der Waals surface area (Å²) in [6.45, 7) is 0.774. The highest BCUT2D eigenvalue weighted by atomic mass is 32.2. The van der Waals surface area contributed by atoms with Crippen LogP contribution in [0.25, 0.3) is 0 Å². The van der Waals surface area contributed by atoms with Gasteiger partial charge in [0, 0.05) is 24.8 Å². The van der Waals surface area contributed by atoms with Crippen molar-refractivity contribution in [3.8, 4) is 0 Å². The van der Waals surface area contributed by atoms with Gasteiger partial charge in [-0.25, -0.2) is 9.97 Å². The molecule has 0 aromatic carbocycles. The average molecular weight is 194 g/mol. The van der Waals surface area contributed by atoms with Gasteiger partial charge in [-0.05, 0) is 6.26 Å². The molecule has 5 heteroatoms. The number of hydrogen-bond donors (Lipinski definition) is 0. The maximum absolute atomic E-state index is 4.21. The largest absolute Gasteiger partial charge is 0.319 e. The lowest BCUT2D eigenvalue weighted by Gasteiger charge is -2.05. The summed E-state index contributed by atoms with van der Waals surface area (Å²) in [7, 11) is 0. The lowest BCUT2D eigenvalue weighted by atomic mass is 10.8. The fourth-order valence-electron chi connectivity index (χ4n) is 1.14. The van der Waals surface area contributed by atoms with E-state index in [0.717, 1.165) is 11.8 Å². The second-order valence-electron chi connectivity index (χ2n) is 2.60. The Labute approximate surface area is 80.6 Å². The SMILES string of the molecule is CSc1nccn1Cn1ccnc1. The standard InChI is InChI=1S/C8H10N4S/c1-13-8-10-3-5-12(8)7-11-4-2-9-6-11/h2-6H,7H2,1H3. The van der Waals surface area contributed by atoms with Gasteiger partial charge in [-0.2, -0.15) is 0 Å². The molecule has 0 spiro atoms. The summed E-state index contributed by atoms with van der Waals surface area (Å²) in [4.78, 5) is 8.19. The zero-order chi connectivity index (χ0) is 9.10. The highest BCUT2D eigenvalue weighted by Gasteiger charge is 1.99. The van der Waals surface area contributed by atoms with Crippen LogP contribution in [0.3, 0.4) is 0 Å². The monoisotopic (exact) mass is 194 g/mol. The van der Waals surface area contributed by atoms with Crippen molar-refractivity contribution in [3.05, 3.63) is 31.1 Å². The zero-order valence-electron chi connectivity index (χ0n) is 7.29. The Morgan fingerprint density at radius 2 is 2.31 bits per heavy atom. The van der Waals surface area contributed by atoms with Crippen LogP contribution in [0, 0.1) is 0 Å². The Bertz CT molecular complexity index is 365. The second-order valence-corrected chi connectivity index (χ2v) is 3.38. The molecule has 0 aliphatic rings. The van der Waals surface area contributed by atoms with Crippen LogP contribution in [0.15, 0.2) is 36.3 Å². The molecule has 0 atom stereocenters. The molecule has 0 aliphatic heterocycles. The molecule has 68 valence electrons. The number of rotatable bonds is 3. The van der Waals surface area contributed by atoms with Crippen LogP contribution >= 0.6 is 11.8 Å². The molecule has 2 aromatic rings. The fraction of sp³-hybridized carbons (Fsp3) is 0.250. The van der Waals surface area contributed by atoms with Crippen molar-refractivity contribution in [1.82, 2.24) is 19.1 Å². The van der Waals surface area contributed by atoms with Gasteiger partial charge in [0.15, 0.2) is 5.16 Å². The summed E-state index contributed by atoms with van der Waals surface area (Å²) in [5.74, 6) is 0. The molecule has 4 nitrogen and oxygen atoms in total. The smallest absolute Gasteiger partial charge is 0.169 e. The van der Waals surface area contributed by atoms with Gasteiger partial charge in [0.05, 0.1) is 6.33 Å². The van der Waals surface area contributed by atoms with E-state index in [1.54, 1.807) is 24.3 Å². The molecule has 0 saturated heterocycles. The van der Waals surface area contributed by atoms with Crippen molar-refractivity contribution in [2.24, 2.45) is 0 Å². The Morgan fingerprint density at radius 3 is 3.00 bits per heavy atom. The first kappa shape index (κ1) is 8.37. The van der Waals surface area contributed by atoms with E-state index < -0.39 is 0 Å². The Balaban J connectivity index is 2.18. The van der Waals surface area contributed by atoms with Crippen molar-refractivity contribution >= 4 is 11.8 Å². The van der Waals surface area contributed by atoms with E-state index in [-0.39, 0.29) is 0 Å². The molecule has 0 unspecified atom stereocenters. The maximum Gasteiger partial charge on any atom is 0.169 e. The number of hydrogen-bond acceptors (Lipinski definition) is 3. The number of nitrogens with zero attached hydrogens (tertiary/aromatic N) is 4. The quantitative estimate of drug-likeness (QED) is 0.691. The van der Waals surface area contributed by atoms with Gasteiger partial charge in [0.2, 0.25) is 0 Å². The summed E-state index contributed by atoms with van der Waals surface area (Å²) in [6.07, 6.45) is 11.3. The first-order chi connectivity index (χ1) is 6.40. The molecule has 2 heterocycles. The van der Waals surface area contributed by atoms with Gasteiger partial charge in [-0.15, -0.1) is 0 Å². The molecule has 0 saturated carbocycles. The molecule has 0 radical (unpaired) electrons. The van der Waals surface area contributed by atoms with E-state index in [2.05, 4.69) is 14.5 Å². The lowest BCUT2D eigenvalue weighted by molar-refractivity contribution is 0.563. The third-order valence-electron chi connectivity index (χ3n) is 1.73. The molecule has 2 aromatic heterocycles. The predicted octanol–water partition coefficient (Wildman–Crippen LogP) is 1.31. The highest BCUT2D eigenvalue weighted by Crippen LogP contribution is 2.11. The van der Waals surface area contributed by atoms with Crippen molar-refractivity contribution in [2.45, 2.75) is 11.8 Å². The first-order valence-corrected chi connectivity index (χ1v) is 5.13.